The molecule has 0 fully saturated rings. The minimum absolute atomic E-state index is 0.263. The summed E-state index contributed by atoms with van der Waals surface area (Å²) in [6.07, 6.45) is 3.37. The van der Waals surface area contributed by atoms with Crippen LogP contribution in [0.25, 0.3) is 0 Å². The van der Waals surface area contributed by atoms with E-state index in [1.54, 1.807) is 0 Å². The Balaban J connectivity index is 2.10. The van der Waals surface area contributed by atoms with Gasteiger partial charge in [-0.2, -0.15) is 0 Å². The summed E-state index contributed by atoms with van der Waals surface area (Å²) in [5.74, 6) is 0. The van der Waals surface area contributed by atoms with Gasteiger partial charge in [0.2, 0.25) is 0 Å². The van der Waals surface area contributed by atoms with Crippen molar-refractivity contribution < 1.29 is 0 Å². The van der Waals surface area contributed by atoms with E-state index < -0.39 is 0 Å². The number of hydrogen-bond acceptors (Lipinski definition) is 0. The summed E-state index contributed by atoms with van der Waals surface area (Å²) in [5, 5.41) is 0. The molecule has 2 aromatic rings. The summed E-state index contributed by atoms with van der Waals surface area (Å²) < 4.78 is 2.73. The average molecular weight is 546 g/mol. The summed E-state index contributed by atoms with van der Waals surface area (Å²) in [5.41, 5.74) is 4.96. The third-order valence-electron chi connectivity index (χ3n) is 4.09. The Hall–Kier alpha value is -0.100. The largest absolute Gasteiger partial charge is 0.0609 e. The SMILES string of the molecule is CC(C)(C)Cc1ccc(CC(C)(C)Cc2cccc(I)c2)cc1I. The smallest absolute Gasteiger partial charge is 0.0165 e. The van der Waals surface area contributed by atoms with Crippen LogP contribution in [-0.2, 0) is 19.3 Å². The third-order valence-corrected chi connectivity index (χ3v) is 5.77. The monoisotopic (exact) mass is 546 g/mol. The second kappa shape index (κ2) is 8.07. The Morgan fingerprint density at radius 3 is 1.92 bits per heavy atom. The Bertz CT molecular complexity index is 693. The number of hydrogen-bond donors (Lipinski definition) is 0. The van der Waals surface area contributed by atoms with Crippen molar-refractivity contribution in [2.45, 2.75) is 53.9 Å². The zero-order valence-electron chi connectivity index (χ0n) is 15.4. The van der Waals surface area contributed by atoms with E-state index in [2.05, 4.69) is 122 Å². The van der Waals surface area contributed by atoms with Crippen molar-refractivity contribution in [3.8, 4) is 0 Å². The maximum absolute atomic E-state index is 2.50. The molecule has 0 aromatic heterocycles. The molecule has 2 rings (SSSR count). The molecule has 0 saturated heterocycles. The van der Waals surface area contributed by atoms with Crippen LogP contribution in [0.4, 0.5) is 0 Å². The van der Waals surface area contributed by atoms with Gasteiger partial charge in [-0.3, -0.25) is 0 Å². The number of benzene rings is 2. The summed E-state index contributed by atoms with van der Waals surface area (Å²) in [7, 11) is 0. The number of rotatable bonds is 5. The van der Waals surface area contributed by atoms with Crippen LogP contribution in [0.15, 0.2) is 42.5 Å². The van der Waals surface area contributed by atoms with Gasteiger partial charge in [-0.05, 0) is 110 Å². The fourth-order valence-corrected chi connectivity index (χ4v) is 4.61. The van der Waals surface area contributed by atoms with E-state index in [1.807, 2.05) is 0 Å². The van der Waals surface area contributed by atoms with Crippen molar-refractivity contribution in [2.75, 3.05) is 0 Å². The van der Waals surface area contributed by atoms with Crippen molar-refractivity contribution in [3.05, 3.63) is 66.3 Å². The molecule has 0 spiro atoms. The minimum atomic E-state index is 0.263. The molecule has 0 heterocycles. The van der Waals surface area contributed by atoms with E-state index in [-0.39, 0.29) is 5.41 Å². The summed E-state index contributed by atoms with van der Waals surface area (Å²) in [6.45, 7) is 11.7. The molecule has 0 saturated carbocycles. The topological polar surface area (TPSA) is 0 Å². The van der Waals surface area contributed by atoms with E-state index in [0.717, 1.165) is 19.3 Å². The molecule has 0 nitrogen and oxygen atoms in total. The molecule has 0 atom stereocenters. The van der Waals surface area contributed by atoms with Gasteiger partial charge >= 0.3 is 0 Å². The first kappa shape index (κ1) is 20.2. The molecule has 2 heteroatoms. The maximum Gasteiger partial charge on any atom is 0.0165 e. The van der Waals surface area contributed by atoms with E-state index in [0.29, 0.717) is 5.41 Å². The van der Waals surface area contributed by atoms with Gasteiger partial charge in [0, 0.05) is 7.14 Å². The molecule has 24 heavy (non-hydrogen) atoms. The van der Waals surface area contributed by atoms with Gasteiger partial charge in [0.25, 0.3) is 0 Å². The lowest BCUT2D eigenvalue weighted by molar-refractivity contribution is 0.360. The van der Waals surface area contributed by atoms with Crippen molar-refractivity contribution >= 4 is 45.2 Å². The van der Waals surface area contributed by atoms with E-state index >= 15 is 0 Å². The second-order valence-electron chi connectivity index (χ2n) is 8.81. The normalized spacial score (nSPS) is 12.5. The van der Waals surface area contributed by atoms with Crippen LogP contribution < -0.4 is 0 Å². The van der Waals surface area contributed by atoms with Gasteiger partial charge in [0.15, 0.2) is 0 Å². The summed E-state index contributed by atoms with van der Waals surface area (Å²) in [4.78, 5) is 0. The van der Waals surface area contributed by atoms with Crippen molar-refractivity contribution in [1.82, 2.24) is 0 Å². The maximum atomic E-state index is 2.50. The summed E-state index contributed by atoms with van der Waals surface area (Å²) >= 11 is 4.90. The minimum Gasteiger partial charge on any atom is -0.0609 e. The number of halogens is 2. The molecular weight excluding hydrogens is 518 g/mol. The Morgan fingerprint density at radius 1 is 0.750 bits per heavy atom. The molecule has 0 aliphatic heterocycles. The molecule has 0 aliphatic carbocycles. The predicted octanol–water partition coefficient (Wildman–Crippen LogP) is 7.30. The van der Waals surface area contributed by atoms with Crippen molar-refractivity contribution in [1.29, 1.82) is 0 Å². The lowest BCUT2D eigenvalue weighted by Crippen LogP contribution is -2.19. The van der Waals surface area contributed by atoms with Crippen LogP contribution in [-0.4, -0.2) is 0 Å². The van der Waals surface area contributed by atoms with E-state index in [1.165, 1.54) is 23.8 Å². The predicted molar refractivity (Wildman–Crippen MR) is 123 cm³/mol. The average Bonchev–Trinajstić information content (AvgIpc) is 2.39. The Morgan fingerprint density at radius 2 is 1.38 bits per heavy atom. The van der Waals surface area contributed by atoms with Crippen molar-refractivity contribution in [2.24, 2.45) is 10.8 Å². The quantitative estimate of drug-likeness (QED) is 0.346. The molecule has 130 valence electrons. The first-order valence-electron chi connectivity index (χ1n) is 8.56. The highest BCUT2D eigenvalue weighted by atomic mass is 127. The van der Waals surface area contributed by atoms with E-state index in [4.69, 9.17) is 0 Å². The zero-order valence-corrected chi connectivity index (χ0v) is 19.7. The molecule has 0 unspecified atom stereocenters. The standard InChI is InChI=1S/C22H28I2/c1-21(2,3)15-18-10-9-17(12-20(18)24)14-22(4,5)13-16-7-6-8-19(23)11-16/h6-12H,13-15H2,1-5H3. The van der Waals surface area contributed by atoms with Crippen LogP contribution in [0, 0.1) is 18.0 Å². The van der Waals surface area contributed by atoms with Crippen LogP contribution in [0.1, 0.15) is 51.3 Å². The lowest BCUT2D eigenvalue weighted by atomic mass is 9.80. The van der Waals surface area contributed by atoms with Gasteiger partial charge in [-0.1, -0.05) is 58.9 Å². The van der Waals surface area contributed by atoms with Crippen LogP contribution in [0.2, 0.25) is 0 Å². The molecular formula is C22H28I2. The highest BCUT2D eigenvalue weighted by molar-refractivity contribution is 14.1. The fourth-order valence-electron chi connectivity index (χ4n) is 3.23. The van der Waals surface area contributed by atoms with E-state index in [9.17, 15) is 0 Å². The highest BCUT2D eigenvalue weighted by Crippen LogP contribution is 2.30. The highest BCUT2D eigenvalue weighted by Gasteiger charge is 2.20. The van der Waals surface area contributed by atoms with Gasteiger partial charge in [0.05, 0.1) is 0 Å². The Labute approximate surface area is 175 Å². The zero-order chi connectivity index (χ0) is 18.0. The lowest BCUT2D eigenvalue weighted by Gasteiger charge is -2.26. The van der Waals surface area contributed by atoms with Crippen molar-refractivity contribution in [3.63, 3.8) is 0 Å². The molecule has 0 radical (unpaired) electrons. The van der Waals surface area contributed by atoms with Gasteiger partial charge in [-0.25, -0.2) is 0 Å². The molecule has 0 bridgehead atoms. The van der Waals surface area contributed by atoms with Gasteiger partial charge < -0.3 is 0 Å². The first-order chi connectivity index (χ1) is 11.0. The fraction of sp³-hybridized carbons (Fsp3) is 0.455. The summed E-state index contributed by atoms with van der Waals surface area (Å²) in [6, 6.07) is 15.9. The molecule has 0 N–H and O–H groups in total. The molecule has 2 aromatic carbocycles. The van der Waals surface area contributed by atoms with Crippen LogP contribution >= 0.6 is 45.2 Å². The van der Waals surface area contributed by atoms with Crippen LogP contribution in [0.3, 0.4) is 0 Å². The first-order valence-corrected chi connectivity index (χ1v) is 10.7. The van der Waals surface area contributed by atoms with Crippen LogP contribution in [0.5, 0.6) is 0 Å². The van der Waals surface area contributed by atoms with Gasteiger partial charge in [-0.15, -0.1) is 0 Å². The molecule has 0 amide bonds. The molecule has 0 aliphatic rings. The third kappa shape index (κ3) is 6.66. The Kier molecular flexibility index (Phi) is 6.79. The van der Waals surface area contributed by atoms with Gasteiger partial charge in [0.1, 0.15) is 0 Å². The second-order valence-corrected chi connectivity index (χ2v) is 11.2.